The number of benzene rings is 1. The number of aromatic amines is 1. The van der Waals surface area contributed by atoms with Crippen LogP contribution in [0.5, 0.6) is 5.75 Å². The van der Waals surface area contributed by atoms with Gasteiger partial charge >= 0.3 is 0 Å². The number of rotatable bonds is 8. The second-order valence-electron chi connectivity index (χ2n) is 5.38. The Morgan fingerprint density at radius 3 is 2.43 bits per heavy atom. The number of H-pyrrole nitrogens is 1. The van der Waals surface area contributed by atoms with Crippen LogP contribution in [-0.2, 0) is 6.42 Å². The smallest absolute Gasteiger partial charge is 0.119 e. The summed E-state index contributed by atoms with van der Waals surface area (Å²) in [6.45, 7) is 4.99. The summed E-state index contributed by atoms with van der Waals surface area (Å²) >= 11 is 2.30. The maximum absolute atomic E-state index is 5.73. The van der Waals surface area contributed by atoms with Crippen molar-refractivity contribution >= 4 is 22.6 Å². The minimum Gasteiger partial charge on any atom is -0.494 e. The molecule has 0 fully saturated rings. The predicted octanol–water partition coefficient (Wildman–Crippen LogP) is 4.81. The van der Waals surface area contributed by atoms with E-state index in [9.17, 15) is 0 Å². The van der Waals surface area contributed by atoms with Crippen LogP contribution in [-0.4, -0.2) is 16.8 Å². The van der Waals surface area contributed by atoms with E-state index >= 15 is 0 Å². The van der Waals surface area contributed by atoms with E-state index in [1.807, 2.05) is 12.1 Å². The Morgan fingerprint density at radius 1 is 1.05 bits per heavy atom. The van der Waals surface area contributed by atoms with Crippen LogP contribution in [0.3, 0.4) is 0 Å². The Morgan fingerprint density at radius 2 is 1.76 bits per heavy atom. The minimum atomic E-state index is 0.810. The summed E-state index contributed by atoms with van der Waals surface area (Å²) in [4.78, 5) is 0. The van der Waals surface area contributed by atoms with E-state index in [1.165, 1.54) is 34.1 Å². The number of unbranched alkanes of at least 4 members (excludes halogenated alkanes) is 3. The van der Waals surface area contributed by atoms with Gasteiger partial charge in [0.2, 0.25) is 0 Å². The number of halogens is 1. The molecule has 21 heavy (non-hydrogen) atoms. The van der Waals surface area contributed by atoms with Crippen molar-refractivity contribution in [3.63, 3.8) is 0 Å². The third kappa shape index (κ3) is 5.34. The Kier molecular flexibility index (Phi) is 6.54. The highest BCUT2D eigenvalue weighted by Crippen LogP contribution is 2.15. The van der Waals surface area contributed by atoms with E-state index in [-0.39, 0.29) is 0 Å². The van der Waals surface area contributed by atoms with Gasteiger partial charge in [0, 0.05) is 9.26 Å². The Hall–Kier alpha value is -1.04. The van der Waals surface area contributed by atoms with E-state index in [2.05, 4.69) is 58.8 Å². The van der Waals surface area contributed by atoms with Crippen LogP contribution in [0, 0.1) is 17.4 Å². The number of hydrogen-bond acceptors (Lipinski definition) is 2. The monoisotopic (exact) mass is 398 g/mol. The molecule has 0 saturated heterocycles. The van der Waals surface area contributed by atoms with E-state index < -0.39 is 0 Å². The zero-order chi connectivity index (χ0) is 15.1. The third-order valence-corrected chi connectivity index (χ3v) is 4.40. The molecule has 0 aliphatic rings. The van der Waals surface area contributed by atoms with Gasteiger partial charge in [-0.1, -0.05) is 12.8 Å². The number of nitrogens with one attached hydrogen (secondary N) is 1. The van der Waals surface area contributed by atoms with Gasteiger partial charge in [0.25, 0.3) is 0 Å². The molecule has 4 heteroatoms. The molecule has 2 rings (SSSR count). The first kappa shape index (κ1) is 16.3. The Balaban J connectivity index is 1.55. The second-order valence-corrected chi connectivity index (χ2v) is 6.62. The summed E-state index contributed by atoms with van der Waals surface area (Å²) in [6.07, 6.45) is 5.95. The van der Waals surface area contributed by atoms with Crippen LogP contribution in [0.2, 0.25) is 0 Å². The first-order valence-corrected chi connectivity index (χ1v) is 8.63. The largest absolute Gasteiger partial charge is 0.494 e. The van der Waals surface area contributed by atoms with Crippen LogP contribution in [0.25, 0.3) is 0 Å². The second kappa shape index (κ2) is 8.41. The molecule has 1 aromatic heterocycles. The standard InChI is InChI=1S/C17H23IN2O/c1-13-17(14(2)20-19-13)7-5-3-4-6-12-21-16-10-8-15(18)9-11-16/h8-11H,3-7,12H2,1-2H3,(H,19,20). The van der Waals surface area contributed by atoms with Crippen molar-refractivity contribution in [3.8, 4) is 5.75 Å². The normalized spacial score (nSPS) is 10.8. The van der Waals surface area contributed by atoms with E-state index in [0.717, 1.165) is 30.9 Å². The first-order chi connectivity index (χ1) is 10.2. The number of nitrogens with zero attached hydrogens (tertiary/aromatic N) is 1. The fourth-order valence-electron chi connectivity index (χ4n) is 2.42. The molecule has 0 bridgehead atoms. The maximum atomic E-state index is 5.73. The maximum Gasteiger partial charge on any atom is 0.119 e. The number of aromatic nitrogens is 2. The van der Waals surface area contributed by atoms with Crippen molar-refractivity contribution < 1.29 is 4.74 Å². The lowest BCUT2D eigenvalue weighted by Gasteiger charge is -2.06. The van der Waals surface area contributed by atoms with Gasteiger partial charge in [0.15, 0.2) is 0 Å². The summed E-state index contributed by atoms with van der Waals surface area (Å²) < 4.78 is 6.97. The quantitative estimate of drug-likeness (QED) is 0.512. The molecule has 0 aliphatic carbocycles. The number of aryl methyl sites for hydroxylation is 2. The summed E-state index contributed by atoms with van der Waals surface area (Å²) in [5.74, 6) is 0.972. The zero-order valence-electron chi connectivity index (χ0n) is 12.8. The fourth-order valence-corrected chi connectivity index (χ4v) is 2.78. The van der Waals surface area contributed by atoms with Crippen LogP contribution < -0.4 is 4.74 Å². The third-order valence-electron chi connectivity index (χ3n) is 3.68. The highest BCUT2D eigenvalue weighted by atomic mass is 127. The Labute approximate surface area is 140 Å². The summed E-state index contributed by atoms with van der Waals surface area (Å²) in [6, 6.07) is 8.22. The molecule has 2 aromatic rings. The molecule has 0 amide bonds. The summed E-state index contributed by atoms with van der Waals surface area (Å²) in [5, 5.41) is 7.29. The van der Waals surface area contributed by atoms with Crippen LogP contribution in [0.4, 0.5) is 0 Å². The predicted molar refractivity (Wildman–Crippen MR) is 94.9 cm³/mol. The van der Waals surface area contributed by atoms with Gasteiger partial charge in [0.05, 0.1) is 12.3 Å². The van der Waals surface area contributed by atoms with Crippen molar-refractivity contribution in [3.05, 3.63) is 44.8 Å². The molecule has 0 aliphatic heterocycles. The van der Waals surface area contributed by atoms with Crippen LogP contribution >= 0.6 is 22.6 Å². The number of ether oxygens (including phenoxy) is 1. The molecule has 3 nitrogen and oxygen atoms in total. The lowest BCUT2D eigenvalue weighted by molar-refractivity contribution is 0.304. The van der Waals surface area contributed by atoms with Crippen molar-refractivity contribution in [2.24, 2.45) is 0 Å². The summed E-state index contributed by atoms with van der Waals surface area (Å²) in [7, 11) is 0. The highest BCUT2D eigenvalue weighted by Gasteiger charge is 2.05. The van der Waals surface area contributed by atoms with Crippen LogP contribution in [0.15, 0.2) is 24.3 Å². The fraction of sp³-hybridized carbons (Fsp3) is 0.471. The Bertz CT molecular complexity index is 529. The van der Waals surface area contributed by atoms with Gasteiger partial charge in [-0.2, -0.15) is 5.10 Å². The minimum absolute atomic E-state index is 0.810. The average molecular weight is 398 g/mol. The van der Waals surface area contributed by atoms with Crippen molar-refractivity contribution in [2.45, 2.75) is 46.0 Å². The lowest BCUT2D eigenvalue weighted by Crippen LogP contribution is -1.97. The molecule has 114 valence electrons. The van der Waals surface area contributed by atoms with Gasteiger partial charge in [-0.25, -0.2) is 0 Å². The van der Waals surface area contributed by atoms with Gasteiger partial charge in [-0.3, -0.25) is 5.10 Å². The molecule has 1 heterocycles. The summed E-state index contributed by atoms with van der Waals surface area (Å²) in [5.41, 5.74) is 3.76. The lowest BCUT2D eigenvalue weighted by atomic mass is 10.0. The molecule has 1 N–H and O–H groups in total. The SMILES string of the molecule is Cc1n[nH]c(C)c1CCCCCCOc1ccc(I)cc1. The van der Waals surface area contributed by atoms with E-state index in [4.69, 9.17) is 4.74 Å². The van der Waals surface area contributed by atoms with Crippen molar-refractivity contribution in [1.29, 1.82) is 0 Å². The molecule has 1 aromatic carbocycles. The molecule has 0 unspecified atom stereocenters. The van der Waals surface area contributed by atoms with Gasteiger partial charge in [0.1, 0.15) is 5.75 Å². The van der Waals surface area contributed by atoms with Crippen LogP contribution in [0.1, 0.15) is 42.6 Å². The molecule has 0 radical (unpaired) electrons. The van der Waals surface area contributed by atoms with E-state index in [1.54, 1.807) is 0 Å². The molecular weight excluding hydrogens is 375 g/mol. The van der Waals surface area contributed by atoms with Crippen molar-refractivity contribution in [2.75, 3.05) is 6.61 Å². The van der Waals surface area contributed by atoms with Gasteiger partial charge in [-0.05, 0) is 85.5 Å². The molecular formula is C17H23IN2O. The van der Waals surface area contributed by atoms with Gasteiger partial charge in [-0.15, -0.1) is 0 Å². The van der Waals surface area contributed by atoms with Crippen molar-refractivity contribution in [1.82, 2.24) is 10.2 Å². The zero-order valence-corrected chi connectivity index (χ0v) is 14.9. The van der Waals surface area contributed by atoms with E-state index in [0.29, 0.717) is 0 Å². The topological polar surface area (TPSA) is 37.9 Å². The average Bonchev–Trinajstić information content (AvgIpc) is 2.79. The molecule has 0 atom stereocenters. The first-order valence-electron chi connectivity index (χ1n) is 7.55. The highest BCUT2D eigenvalue weighted by molar-refractivity contribution is 14.1. The molecule has 0 spiro atoms. The molecule has 0 saturated carbocycles. The number of hydrogen-bond donors (Lipinski definition) is 1. The van der Waals surface area contributed by atoms with Gasteiger partial charge < -0.3 is 4.74 Å².